The summed E-state index contributed by atoms with van der Waals surface area (Å²) in [7, 11) is 0. The number of fused-ring (bicyclic) bond motifs is 3. The largest absolute Gasteiger partial charge is 0.451 e. The fourth-order valence-corrected chi connectivity index (χ4v) is 6.78. The number of rotatable bonds is 5. The maximum Gasteiger partial charge on any atom is 0.259 e. The number of morpholine rings is 1. The van der Waals surface area contributed by atoms with Gasteiger partial charge in [-0.15, -0.1) is 0 Å². The molecule has 0 radical (unpaired) electrons. The molecule has 1 atom stereocenters. The number of pyridine rings is 1. The zero-order chi connectivity index (χ0) is 29.8. The van der Waals surface area contributed by atoms with Crippen molar-refractivity contribution in [1.29, 1.82) is 0 Å². The van der Waals surface area contributed by atoms with Gasteiger partial charge in [-0.1, -0.05) is 42.5 Å². The highest BCUT2D eigenvalue weighted by Gasteiger charge is 2.35. The van der Waals surface area contributed by atoms with Gasteiger partial charge in [-0.2, -0.15) is 0 Å². The fraction of sp³-hybridized carbons (Fsp3) is 0.257. The molecule has 8 rings (SSSR count). The molecule has 2 saturated heterocycles. The predicted molar refractivity (Wildman–Crippen MR) is 169 cm³/mol. The van der Waals surface area contributed by atoms with Gasteiger partial charge in [-0.05, 0) is 53.9 Å². The van der Waals surface area contributed by atoms with Gasteiger partial charge in [-0.25, -0.2) is 4.39 Å². The molecule has 3 aliphatic rings. The van der Waals surface area contributed by atoms with Gasteiger partial charge >= 0.3 is 0 Å². The second-order valence-corrected chi connectivity index (χ2v) is 11.6. The molecule has 0 saturated carbocycles. The molecule has 1 N–H and O–H groups in total. The third-order valence-electron chi connectivity index (χ3n) is 8.98. The summed E-state index contributed by atoms with van der Waals surface area (Å²) >= 11 is 0. The number of amides is 1. The van der Waals surface area contributed by atoms with E-state index in [1.54, 1.807) is 11.1 Å². The molecule has 1 amide bonds. The standard InChI is InChI=1S/C35H31FN4O4/c36-28-19-26-31-34(32(28)39-12-6-11-25(39)20-37-24-9-2-1-3-10-24)44-30-18-23-8-5-4-7-22(23)17-29(30)40(31)21-27(33(26)41)35(42)38-13-15-43-16-14-38/h1-5,7-10,17-19,21,25,37H,6,11-16,20H2. The number of hydrogen-bond acceptors (Lipinski definition) is 6. The van der Waals surface area contributed by atoms with Gasteiger partial charge < -0.3 is 29.2 Å². The zero-order valence-corrected chi connectivity index (χ0v) is 24.1. The molecule has 8 nitrogen and oxygen atoms in total. The summed E-state index contributed by atoms with van der Waals surface area (Å²) in [5.41, 5.74) is 2.01. The number of para-hydroxylation sites is 1. The molecule has 5 aromatic rings. The number of halogens is 1. The van der Waals surface area contributed by atoms with Gasteiger partial charge in [0.25, 0.3) is 5.91 Å². The van der Waals surface area contributed by atoms with Crippen LogP contribution in [0.2, 0.25) is 0 Å². The maximum atomic E-state index is 16.4. The fourth-order valence-electron chi connectivity index (χ4n) is 6.78. The molecule has 4 aromatic carbocycles. The molecule has 1 aromatic heterocycles. The van der Waals surface area contributed by atoms with E-state index in [-0.39, 0.29) is 22.9 Å². The van der Waals surface area contributed by atoms with E-state index in [2.05, 4.69) is 10.2 Å². The molecular formula is C35H31FN4O4. The van der Waals surface area contributed by atoms with Gasteiger partial charge in [0.1, 0.15) is 16.8 Å². The summed E-state index contributed by atoms with van der Waals surface area (Å²) in [5.74, 6) is -0.0776. The van der Waals surface area contributed by atoms with Crippen molar-refractivity contribution in [2.24, 2.45) is 0 Å². The third kappa shape index (κ3) is 4.38. The van der Waals surface area contributed by atoms with Crippen LogP contribution in [0.5, 0.6) is 11.5 Å². The Morgan fingerprint density at radius 2 is 1.70 bits per heavy atom. The Bertz CT molecular complexity index is 1990. The Morgan fingerprint density at radius 1 is 0.955 bits per heavy atom. The minimum atomic E-state index is -0.539. The monoisotopic (exact) mass is 590 g/mol. The molecule has 44 heavy (non-hydrogen) atoms. The number of benzene rings is 4. The summed E-state index contributed by atoms with van der Waals surface area (Å²) < 4.78 is 30.3. The van der Waals surface area contributed by atoms with Crippen LogP contribution in [0.15, 0.2) is 83.8 Å². The van der Waals surface area contributed by atoms with Crippen LogP contribution in [-0.4, -0.2) is 60.8 Å². The Balaban J connectivity index is 1.31. The number of ether oxygens (including phenoxy) is 2. The quantitative estimate of drug-likeness (QED) is 0.268. The van der Waals surface area contributed by atoms with Crippen molar-refractivity contribution in [2.75, 3.05) is 49.6 Å². The van der Waals surface area contributed by atoms with Crippen LogP contribution in [-0.2, 0) is 4.74 Å². The van der Waals surface area contributed by atoms with Crippen molar-refractivity contribution in [3.63, 3.8) is 0 Å². The first kappa shape index (κ1) is 26.7. The molecule has 0 aliphatic carbocycles. The lowest BCUT2D eigenvalue weighted by Gasteiger charge is -2.33. The molecule has 3 aliphatic heterocycles. The summed E-state index contributed by atoms with van der Waals surface area (Å²) in [6.07, 6.45) is 3.40. The second kappa shape index (κ2) is 10.7. The summed E-state index contributed by atoms with van der Waals surface area (Å²) in [6, 6.07) is 23.1. The SMILES string of the molecule is O=C(c1cn2c3c(c(N4CCCC4CNc4ccccc4)c(F)cc3c1=O)Oc1cc3ccccc3cc1-2)N1CCOCC1. The predicted octanol–water partition coefficient (Wildman–Crippen LogP) is 5.94. The molecule has 4 heterocycles. The molecule has 1 unspecified atom stereocenters. The minimum absolute atomic E-state index is 0.00428. The van der Waals surface area contributed by atoms with Crippen molar-refractivity contribution < 1.29 is 18.7 Å². The Labute approximate surface area is 253 Å². The van der Waals surface area contributed by atoms with Crippen molar-refractivity contribution in [1.82, 2.24) is 9.47 Å². The van der Waals surface area contributed by atoms with Gasteiger partial charge in [0.15, 0.2) is 17.3 Å². The van der Waals surface area contributed by atoms with Gasteiger partial charge in [0.2, 0.25) is 5.43 Å². The van der Waals surface area contributed by atoms with Crippen LogP contribution >= 0.6 is 0 Å². The highest BCUT2D eigenvalue weighted by atomic mass is 19.1. The summed E-state index contributed by atoms with van der Waals surface area (Å²) in [4.78, 5) is 31.3. The lowest BCUT2D eigenvalue weighted by Crippen LogP contribution is -2.42. The van der Waals surface area contributed by atoms with Crippen molar-refractivity contribution in [2.45, 2.75) is 18.9 Å². The van der Waals surface area contributed by atoms with Crippen LogP contribution in [0, 0.1) is 5.82 Å². The normalized spacial score (nSPS) is 17.5. The van der Waals surface area contributed by atoms with E-state index in [9.17, 15) is 9.59 Å². The topological polar surface area (TPSA) is 76.0 Å². The highest BCUT2D eigenvalue weighted by Crippen LogP contribution is 2.48. The lowest BCUT2D eigenvalue weighted by molar-refractivity contribution is 0.0302. The molecule has 2 fully saturated rings. The number of hydrogen-bond donors (Lipinski definition) is 1. The first-order chi connectivity index (χ1) is 21.6. The first-order valence-corrected chi connectivity index (χ1v) is 15.1. The Morgan fingerprint density at radius 3 is 2.50 bits per heavy atom. The van der Waals surface area contributed by atoms with Gasteiger partial charge in [0.05, 0.1) is 24.3 Å². The van der Waals surface area contributed by atoms with E-state index >= 15 is 4.39 Å². The number of nitrogens with one attached hydrogen (secondary N) is 1. The highest BCUT2D eigenvalue weighted by molar-refractivity contribution is 6.02. The van der Waals surface area contributed by atoms with E-state index in [0.29, 0.717) is 67.8 Å². The third-order valence-corrected chi connectivity index (χ3v) is 8.98. The molecule has 0 spiro atoms. The summed E-state index contributed by atoms with van der Waals surface area (Å²) in [6.45, 7) is 2.90. The van der Waals surface area contributed by atoms with Gasteiger partial charge in [-0.3, -0.25) is 9.59 Å². The maximum absolute atomic E-state index is 16.4. The number of carbonyl (C=O) groups excluding carboxylic acids is 1. The van der Waals surface area contributed by atoms with Crippen molar-refractivity contribution in [3.05, 3.63) is 101 Å². The van der Waals surface area contributed by atoms with Crippen LogP contribution in [0.1, 0.15) is 23.2 Å². The van der Waals surface area contributed by atoms with Crippen molar-refractivity contribution in [3.8, 4) is 17.2 Å². The first-order valence-electron chi connectivity index (χ1n) is 15.1. The average Bonchev–Trinajstić information content (AvgIpc) is 3.52. The number of aromatic nitrogens is 1. The van der Waals surface area contributed by atoms with Crippen LogP contribution in [0.25, 0.3) is 27.4 Å². The Kier molecular flexibility index (Phi) is 6.48. The van der Waals surface area contributed by atoms with Crippen LogP contribution < -0.4 is 20.4 Å². The second-order valence-electron chi connectivity index (χ2n) is 11.6. The van der Waals surface area contributed by atoms with Gasteiger partial charge in [0, 0.05) is 44.1 Å². The average molecular weight is 591 g/mol. The van der Waals surface area contributed by atoms with E-state index in [0.717, 1.165) is 29.3 Å². The number of carbonyl (C=O) groups is 1. The van der Waals surface area contributed by atoms with E-state index in [4.69, 9.17) is 9.47 Å². The van der Waals surface area contributed by atoms with Crippen LogP contribution in [0.4, 0.5) is 15.8 Å². The zero-order valence-electron chi connectivity index (χ0n) is 24.1. The minimum Gasteiger partial charge on any atom is -0.451 e. The van der Waals surface area contributed by atoms with Crippen molar-refractivity contribution >= 4 is 39.0 Å². The molecular weight excluding hydrogens is 559 g/mol. The molecule has 0 bridgehead atoms. The smallest absolute Gasteiger partial charge is 0.259 e. The number of nitrogens with zero attached hydrogens (tertiary/aromatic N) is 3. The van der Waals surface area contributed by atoms with E-state index in [1.165, 1.54) is 6.07 Å². The van der Waals surface area contributed by atoms with Crippen LogP contribution in [0.3, 0.4) is 0 Å². The Hall–Kier alpha value is -4.89. The van der Waals surface area contributed by atoms with E-state index in [1.807, 2.05) is 71.3 Å². The summed E-state index contributed by atoms with van der Waals surface area (Å²) in [5, 5.41) is 5.57. The number of anilines is 2. The molecule has 222 valence electrons. The van der Waals surface area contributed by atoms with E-state index < -0.39 is 11.2 Å². The molecule has 9 heteroatoms. The lowest BCUT2D eigenvalue weighted by atomic mass is 10.0.